The Morgan fingerprint density at radius 3 is 1.74 bits per heavy atom. The first-order chi connectivity index (χ1) is 18.4. The normalized spacial score (nSPS) is 11.8. The number of allylic oxidation sites excluding steroid dienone is 1. The molecule has 0 aliphatic heterocycles. The summed E-state index contributed by atoms with van der Waals surface area (Å²) in [6.07, 6.45) is 4.30. The summed E-state index contributed by atoms with van der Waals surface area (Å²) in [6, 6.07) is 14.3. The number of carbonyl (C=O) groups excluding carboxylic acids is 2. The number of unbranched alkanes of at least 4 members (excludes halogenated alkanes) is 2. The summed E-state index contributed by atoms with van der Waals surface area (Å²) in [5.74, 6) is 1.62. The Morgan fingerprint density at radius 2 is 1.29 bits per heavy atom. The predicted molar refractivity (Wildman–Crippen MR) is 157 cm³/mol. The van der Waals surface area contributed by atoms with Gasteiger partial charge in [-0.15, -0.1) is 23.2 Å². The van der Waals surface area contributed by atoms with E-state index in [1.807, 2.05) is 12.1 Å². The molecule has 0 spiro atoms. The van der Waals surface area contributed by atoms with Gasteiger partial charge in [-0.3, -0.25) is 9.59 Å². The maximum Gasteiger partial charge on any atom is 0.188 e. The van der Waals surface area contributed by atoms with Crippen molar-refractivity contribution in [1.82, 2.24) is 4.90 Å². The highest BCUT2D eigenvalue weighted by atomic mass is 35.5. The fraction of sp³-hybridized carbons (Fsp3) is 0.484. The van der Waals surface area contributed by atoms with Crippen LogP contribution in [0.15, 0.2) is 60.7 Å². The highest BCUT2D eigenvalue weighted by molar-refractivity contribution is 6.18. The molecule has 5 nitrogen and oxygen atoms in total. The van der Waals surface area contributed by atoms with Gasteiger partial charge in [0, 0.05) is 48.4 Å². The number of alkyl halides is 2. The molecule has 0 bridgehead atoms. The molecule has 0 heterocycles. The van der Waals surface area contributed by atoms with Crippen molar-refractivity contribution in [1.29, 1.82) is 0 Å². The fourth-order valence-electron chi connectivity index (χ4n) is 4.00. The van der Waals surface area contributed by atoms with E-state index in [4.69, 9.17) is 32.7 Å². The third-order valence-corrected chi connectivity index (χ3v) is 6.59. The maximum absolute atomic E-state index is 13.6. The van der Waals surface area contributed by atoms with Crippen molar-refractivity contribution in [2.24, 2.45) is 5.92 Å². The average molecular weight is 563 g/mol. The molecule has 2 aromatic carbocycles. The number of hydrogen-bond donors (Lipinski definition) is 0. The van der Waals surface area contributed by atoms with Crippen LogP contribution in [0.1, 0.15) is 66.7 Å². The second kappa shape index (κ2) is 18.0. The van der Waals surface area contributed by atoms with Crippen molar-refractivity contribution in [3.63, 3.8) is 0 Å². The van der Waals surface area contributed by atoms with E-state index in [0.29, 0.717) is 61.3 Å². The first-order valence-electron chi connectivity index (χ1n) is 13.5. The summed E-state index contributed by atoms with van der Waals surface area (Å²) in [5.41, 5.74) is 1.48. The minimum Gasteiger partial charge on any atom is -0.494 e. The largest absolute Gasteiger partial charge is 0.494 e. The fourth-order valence-corrected chi connectivity index (χ4v) is 4.48. The van der Waals surface area contributed by atoms with Gasteiger partial charge in [-0.25, -0.2) is 0 Å². The zero-order valence-electron chi connectivity index (χ0n) is 22.7. The SMILES string of the molecule is C=C(CC(CN(CCCl)CCCl)C(=O)c1ccc(OCCCC)cc1)C(=O)c1ccc(OCCCC)cc1. The van der Waals surface area contributed by atoms with Crippen LogP contribution >= 0.6 is 23.2 Å². The van der Waals surface area contributed by atoms with Crippen molar-refractivity contribution >= 4 is 34.8 Å². The lowest BCUT2D eigenvalue weighted by Crippen LogP contribution is -2.36. The molecule has 0 amide bonds. The van der Waals surface area contributed by atoms with E-state index < -0.39 is 5.92 Å². The van der Waals surface area contributed by atoms with E-state index >= 15 is 0 Å². The standard InChI is InChI=1S/C31H41Cl2NO4/c1-4-6-20-37-28-12-8-25(9-13-28)30(35)24(3)22-27(23-34(18-16-32)19-17-33)31(36)26-10-14-29(15-11-26)38-21-7-5-2/h8-15,27H,3-7,16-23H2,1-2H3. The summed E-state index contributed by atoms with van der Waals surface area (Å²) < 4.78 is 11.4. The van der Waals surface area contributed by atoms with Crippen LogP contribution < -0.4 is 9.47 Å². The topological polar surface area (TPSA) is 55.8 Å². The Labute approximate surface area is 238 Å². The molecule has 0 aliphatic rings. The van der Waals surface area contributed by atoms with Gasteiger partial charge in [-0.05, 0) is 73.4 Å². The van der Waals surface area contributed by atoms with Crippen LogP contribution in [0.2, 0.25) is 0 Å². The van der Waals surface area contributed by atoms with Crippen LogP contribution in [0.3, 0.4) is 0 Å². The van der Waals surface area contributed by atoms with Gasteiger partial charge in [-0.2, -0.15) is 0 Å². The van der Waals surface area contributed by atoms with Gasteiger partial charge in [0.2, 0.25) is 0 Å². The molecule has 2 aromatic rings. The van der Waals surface area contributed by atoms with Crippen LogP contribution in [-0.2, 0) is 0 Å². The number of halogens is 2. The number of rotatable bonds is 20. The van der Waals surface area contributed by atoms with Gasteiger partial charge in [-0.1, -0.05) is 33.3 Å². The van der Waals surface area contributed by atoms with Crippen LogP contribution in [0.5, 0.6) is 11.5 Å². The summed E-state index contributed by atoms with van der Waals surface area (Å²) >= 11 is 12.0. The number of carbonyl (C=O) groups is 2. The number of nitrogens with zero attached hydrogens (tertiary/aromatic N) is 1. The van der Waals surface area contributed by atoms with Crippen molar-refractivity contribution in [3.05, 3.63) is 71.8 Å². The molecule has 38 heavy (non-hydrogen) atoms. The summed E-state index contributed by atoms with van der Waals surface area (Å²) in [7, 11) is 0. The Bertz CT molecular complexity index is 986. The van der Waals surface area contributed by atoms with Gasteiger partial charge in [0.05, 0.1) is 13.2 Å². The monoisotopic (exact) mass is 561 g/mol. The van der Waals surface area contributed by atoms with Crippen molar-refractivity contribution < 1.29 is 19.1 Å². The molecular weight excluding hydrogens is 521 g/mol. The highest BCUT2D eigenvalue weighted by Gasteiger charge is 2.26. The Morgan fingerprint density at radius 1 is 0.816 bits per heavy atom. The number of ketones is 2. The molecule has 1 unspecified atom stereocenters. The predicted octanol–water partition coefficient (Wildman–Crippen LogP) is 7.45. The van der Waals surface area contributed by atoms with Gasteiger partial charge >= 0.3 is 0 Å². The third kappa shape index (κ3) is 10.8. The van der Waals surface area contributed by atoms with E-state index in [1.54, 1.807) is 36.4 Å². The Balaban J connectivity index is 2.16. The smallest absolute Gasteiger partial charge is 0.188 e. The summed E-state index contributed by atoms with van der Waals surface area (Å²) in [4.78, 5) is 28.9. The van der Waals surface area contributed by atoms with Crippen molar-refractivity contribution in [2.75, 3.05) is 44.6 Å². The Hall–Kier alpha value is -2.34. The Kier molecular flexibility index (Phi) is 15.1. The van der Waals surface area contributed by atoms with Crippen molar-refractivity contribution in [2.45, 2.75) is 46.0 Å². The second-order valence-electron chi connectivity index (χ2n) is 9.33. The van der Waals surface area contributed by atoms with Gasteiger partial charge in [0.15, 0.2) is 11.6 Å². The first kappa shape index (κ1) is 31.9. The quantitative estimate of drug-likeness (QED) is 0.0726. The van der Waals surface area contributed by atoms with E-state index in [9.17, 15) is 9.59 Å². The lowest BCUT2D eigenvalue weighted by molar-refractivity contribution is 0.0880. The van der Waals surface area contributed by atoms with Crippen LogP contribution in [0.25, 0.3) is 0 Å². The highest BCUT2D eigenvalue weighted by Crippen LogP contribution is 2.24. The van der Waals surface area contributed by atoms with E-state index in [1.165, 1.54) is 0 Å². The van der Waals surface area contributed by atoms with E-state index in [-0.39, 0.29) is 18.0 Å². The minimum absolute atomic E-state index is 0.0483. The lowest BCUT2D eigenvalue weighted by Gasteiger charge is -2.26. The van der Waals surface area contributed by atoms with E-state index in [2.05, 4.69) is 25.3 Å². The third-order valence-electron chi connectivity index (χ3n) is 6.25. The van der Waals surface area contributed by atoms with Crippen molar-refractivity contribution in [3.8, 4) is 11.5 Å². The van der Waals surface area contributed by atoms with Gasteiger partial charge in [0.1, 0.15) is 11.5 Å². The lowest BCUT2D eigenvalue weighted by atomic mass is 9.88. The zero-order chi connectivity index (χ0) is 27.8. The number of benzene rings is 2. The second-order valence-corrected chi connectivity index (χ2v) is 10.1. The molecule has 0 saturated carbocycles. The van der Waals surface area contributed by atoms with Crippen LogP contribution in [0, 0.1) is 5.92 Å². The molecule has 0 saturated heterocycles. The maximum atomic E-state index is 13.6. The summed E-state index contributed by atoms with van der Waals surface area (Å²) in [6.45, 7) is 11.2. The number of hydrogen-bond acceptors (Lipinski definition) is 5. The molecule has 208 valence electrons. The molecule has 0 aliphatic carbocycles. The molecule has 2 rings (SSSR count). The molecule has 0 N–H and O–H groups in total. The van der Waals surface area contributed by atoms with Crippen LogP contribution in [-0.4, -0.2) is 61.1 Å². The van der Waals surface area contributed by atoms with E-state index in [0.717, 1.165) is 37.2 Å². The molecule has 1 atom stereocenters. The van der Waals surface area contributed by atoms with Gasteiger partial charge in [0.25, 0.3) is 0 Å². The minimum atomic E-state index is -0.471. The molecule has 7 heteroatoms. The number of ether oxygens (including phenoxy) is 2. The summed E-state index contributed by atoms with van der Waals surface area (Å²) in [5, 5.41) is 0. The van der Waals surface area contributed by atoms with Gasteiger partial charge < -0.3 is 14.4 Å². The van der Waals surface area contributed by atoms with Crippen LogP contribution in [0.4, 0.5) is 0 Å². The average Bonchev–Trinajstić information content (AvgIpc) is 2.93. The molecule has 0 radical (unpaired) electrons. The number of Topliss-reactive ketones (excluding diaryl/α,β-unsaturated/α-hetero) is 2. The molecule has 0 fully saturated rings. The first-order valence-corrected chi connectivity index (χ1v) is 14.6. The molecule has 0 aromatic heterocycles. The molecular formula is C31H41Cl2NO4. The zero-order valence-corrected chi connectivity index (χ0v) is 24.2.